The monoisotopic (exact) mass is 624 g/mol. The first-order chi connectivity index (χ1) is 21.9. The normalized spacial score (nSPS) is 11.7. The van der Waals surface area contributed by atoms with Crippen LogP contribution in [0.5, 0.6) is 40.2 Å². The molecule has 0 bridgehead atoms. The Kier molecular flexibility index (Phi) is 6.97. The molecule has 230 valence electrons. The summed E-state index contributed by atoms with van der Waals surface area (Å²) in [5.74, 6) is -3.81. The highest BCUT2D eigenvalue weighted by Crippen LogP contribution is 2.38. The van der Waals surface area contributed by atoms with Crippen molar-refractivity contribution in [3.8, 4) is 51.4 Å². The summed E-state index contributed by atoms with van der Waals surface area (Å²) in [5, 5.41) is 69.6. The second-order valence-corrected chi connectivity index (χ2v) is 9.99. The molecule has 46 heavy (non-hydrogen) atoms. The first kappa shape index (κ1) is 29.2. The van der Waals surface area contributed by atoms with Gasteiger partial charge in [-0.05, 0) is 59.7 Å². The van der Waals surface area contributed by atoms with Crippen LogP contribution in [0.1, 0.15) is 22.6 Å². The Balaban J connectivity index is 1.41. The van der Waals surface area contributed by atoms with Gasteiger partial charge in [0.25, 0.3) is 0 Å². The minimum atomic E-state index is -1.02. The second kappa shape index (κ2) is 11.0. The molecule has 3 heterocycles. The van der Waals surface area contributed by atoms with Crippen molar-refractivity contribution in [2.24, 2.45) is 0 Å². The maximum Gasteiger partial charge on any atom is 0.348 e. The maximum atomic E-state index is 13.0. The smallest absolute Gasteiger partial charge is 0.348 e. The molecule has 13 nitrogen and oxygen atoms in total. The molecule has 7 N–H and O–H groups in total. The van der Waals surface area contributed by atoms with Gasteiger partial charge >= 0.3 is 16.9 Å². The van der Waals surface area contributed by atoms with Crippen LogP contribution in [0.3, 0.4) is 0 Å². The highest BCUT2D eigenvalue weighted by Gasteiger charge is 2.19. The van der Waals surface area contributed by atoms with Crippen molar-refractivity contribution in [2.45, 2.75) is 0 Å². The number of aromatic hydroxyl groups is 7. The Bertz CT molecular complexity index is 2460. The number of hydrogen-bond donors (Lipinski definition) is 7. The average molecular weight is 625 g/mol. The van der Waals surface area contributed by atoms with Crippen LogP contribution < -0.4 is 16.9 Å². The van der Waals surface area contributed by atoms with Gasteiger partial charge in [0.05, 0.1) is 5.39 Å². The molecule has 3 aromatic heterocycles. The number of rotatable bonds is 5. The van der Waals surface area contributed by atoms with Crippen LogP contribution in [0, 0.1) is 0 Å². The minimum Gasteiger partial charge on any atom is -0.507 e. The van der Waals surface area contributed by atoms with Gasteiger partial charge in [0, 0.05) is 23.1 Å². The van der Waals surface area contributed by atoms with Gasteiger partial charge in [-0.2, -0.15) is 0 Å². The lowest BCUT2D eigenvalue weighted by molar-refractivity contribution is 0.403. The summed E-state index contributed by atoms with van der Waals surface area (Å²) in [7, 11) is 0. The molecule has 0 unspecified atom stereocenters. The Morgan fingerprint density at radius 2 is 1.09 bits per heavy atom. The zero-order valence-corrected chi connectivity index (χ0v) is 23.1. The van der Waals surface area contributed by atoms with Crippen LogP contribution in [0.2, 0.25) is 0 Å². The fourth-order valence-corrected chi connectivity index (χ4v) is 4.77. The lowest BCUT2D eigenvalue weighted by Gasteiger charge is -2.10. The van der Waals surface area contributed by atoms with Crippen LogP contribution in [0.15, 0.2) is 82.2 Å². The Morgan fingerprint density at radius 1 is 0.478 bits per heavy atom. The van der Waals surface area contributed by atoms with Crippen LogP contribution in [-0.2, 0) is 0 Å². The summed E-state index contributed by atoms with van der Waals surface area (Å²) in [4.78, 5) is 38.5. The highest BCUT2D eigenvalue weighted by atomic mass is 16.4. The summed E-state index contributed by atoms with van der Waals surface area (Å²) in [6.07, 6.45) is 5.30. The van der Waals surface area contributed by atoms with Gasteiger partial charge in [0.15, 0.2) is 34.5 Å². The molecule has 0 fully saturated rings. The van der Waals surface area contributed by atoms with Gasteiger partial charge in [0.1, 0.15) is 33.8 Å². The quantitative estimate of drug-likeness (QED) is 0.101. The molecule has 0 atom stereocenters. The first-order valence-corrected chi connectivity index (χ1v) is 13.2. The summed E-state index contributed by atoms with van der Waals surface area (Å²) in [5.41, 5.74) is -3.01. The molecule has 0 radical (unpaired) electrons. The van der Waals surface area contributed by atoms with E-state index in [9.17, 15) is 50.1 Å². The third kappa shape index (κ3) is 5.24. The highest BCUT2D eigenvalue weighted by molar-refractivity contribution is 6.05. The summed E-state index contributed by atoms with van der Waals surface area (Å²) in [6, 6.07) is 10.4. The van der Waals surface area contributed by atoms with E-state index in [0.717, 1.165) is 30.3 Å². The van der Waals surface area contributed by atoms with Crippen LogP contribution in [0.4, 0.5) is 0 Å². The molecule has 0 saturated heterocycles. The molecule has 0 spiro atoms. The standard InChI is InChI=1S/C33H20O13/c34-21-6-2-14(7-22(21)35)1-4-16-9-27(40)29(32(42)44-16)18-11-24(37)23(36)8-15(18)3-5-17-10-28-30(33(43)45-17)19-12-25(38)26(39)13-20(19)31(41)46-28/h1-13,34-40H/b4-1+,5-3+. The fourth-order valence-electron chi connectivity index (χ4n) is 4.77. The Morgan fingerprint density at radius 3 is 1.80 bits per heavy atom. The van der Waals surface area contributed by atoms with Gasteiger partial charge in [-0.15, -0.1) is 0 Å². The average Bonchev–Trinajstić information content (AvgIpc) is 2.99. The Hall–Kier alpha value is -6.89. The molecule has 6 rings (SSSR count). The topological polar surface area (TPSA) is 232 Å². The predicted octanol–water partition coefficient (Wildman–Crippen LogP) is 4.80. The van der Waals surface area contributed by atoms with Crippen molar-refractivity contribution in [1.29, 1.82) is 0 Å². The molecule has 0 amide bonds. The lowest BCUT2D eigenvalue weighted by atomic mass is 9.98. The van der Waals surface area contributed by atoms with Gasteiger partial charge in [0.2, 0.25) is 0 Å². The molecule has 0 aliphatic carbocycles. The first-order valence-electron chi connectivity index (χ1n) is 13.2. The lowest BCUT2D eigenvalue weighted by Crippen LogP contribution is -2.07. The summed E-state index contributed by atoms with van der Waals surface area (Å²) in [6.45, 7) is 0. The van der Waals surface area contributed by atoms with Crippen molar-refractivity contribution in [3.63, 3.8) is 0 Å². The predicted molar refractivity (Wildman–Crippen MR) is 165 cm³/mol. The number of phenols is 6. The third-order valence-corrected chi connectivity index (χ3v) is 6.97. The van der Waals surface area contributed by atoms with E-state index in [1.54, 1.807) is 0 Å². The molecular weight excluding hydrogens is 604 g/mol. The van der Waals surface area contributed by atoms with Gasteiger partial charge in [-0.3, -0.25) is 0 Å². The van der Waals surface area contributed by atoms with Gasteiger partial charge in [-0.25, -0.2) is 14.4 Å². The van der Waals surface area contributed by atoms with E-state index in [4.69, 9.17) is 13.3 Å². The molecule has 0 saturated carbocycles. The molecule has 13 heteroatoms. The van der Waals surface area contributed by atoms with Gasteiger partial charge in [-0.1, -0.05) is 18.2 Å². The zero-order chi connectivity index (χ0) is 32.9. The van der Waals surface area contributed by atoms with Crippen molar-refractivity contribution >= 4 is 46.0 Å². The van der Waals surface area contributed by atoms with E-state index in [1.165, 1.54) is 48.6 Å². The van der Waals surface area contributed by atoms with Crippen molar-refractivity contribution in [1.82, 2.24) is 0 Å². The molecular formula is C33H20O13. The van der Waals surface area contributed by atoms with Crippen LogP contribution >= 0.6 is 0 Å². The van der Waals surface area contributed by atoms with Crippen molar-refractivity contribution < 1.29 is 49.0 Å². The SMILES string of the molecule is O=c1oc(/C=C/c2ccc(O)c(O)c2)cc(O)c1-c1cc(O)c(O)cc1/C=C/c1cc2oc(=O)c3cc(O)c(O)cc3c2c(=O)o1. The molecule has 0 aliphatic rings. The van der Waals surface area contributed by atoms with E-state index < -0.39 is 45.6 Å². The second-order valence-electron chi connectivity index (χ2n) is 9.99. The van der Waals surface area contributed by atoms with E-state index in [0.29, 0.717) is 5.56 Å². The largest absolute Gasteiger partial charge is 0.507 e. The van der Waals surface area contributed by atoms with E-state index in [-0.39, 0.29) is 61.5 Å². The number of phenolic OH excluding ortho intramolecular Hbond substituents is 6. The minimum absolute atomic E-state index is 0.0155. The third-order valence-electron chi connectivity index (χ3n) is 6.97. The van der Waals surface area contributed by atoms with Crippen LogP contribution in [-0.4, -0.2) is 35.7 Å². The van der Waals surface area contributed by atoms with Gasteiger partial charge < -0.3 is 49.0 Å². The fraction of sp³-hybridized carbons (Fsp3) is 0. The van der Waals surface area contributed by atoms with Crippen molar-refractivity contribution in [2.75, 3.05) is 0 Å². The number of fused-ring (bicyclic) bond motifs is 3. The molecule has 6 aromatic rings. The zero-order valence-electron chi connectivity index (χ0n) is 23.1. The number of benzene rings is 3. The molecule has 3 aromatic carbocycles. The summed E-state index contributed by atoms with van der Waals surface area (Å²) < 4.78 is 15.9. The van der Waals surface area contributed by atoms with E-state index in [1.807, 2.05) is 0 Å². The molecule has 0 aliphatic heterocycles. The Labute approximate surface area is 255 Å². The van der Waals surface area contributed by atoms with Crippen LogP contribution in [0.25, 0.3) is 57.2 Å². The van der Waals surface area contributed by atoms with Crippen molar-refractivity contribution in [3.05, 3.63) is 109 Å². The maximum absolute atomic E-state index is 13.0. The summed E-state index contributed by atoms with van der Waals surface area (Å²) >= 11 is 0. The number of hydrogen-bond acceptors (Lipinski definition) is 13. The van der Waals surface area contributed by atoms with E-state index in [2.05, 4.69) is 0 Å². The van der Waals surface area contributed by atoms with E-state index >= 15 is 0 Å².